The highest BCUT2D eigenvalue weighted by atomic mass is 16.2. The maximum Gasteiger partial charge on any atom is 0.227 e. The molecule has 0 N–H and O–H groups in total. The van der Waals surface area contributed by atoms with E-state index in [4.69, 9.17) is 5.26 Å². The molecule has 4 aliphatic rings. The second-order valence-electron chi connectivity index (χ2n) is 6.87. The Hall–Kier alpha value is -1.04. The first-order chi connectivity index (χ1) is 9.22. The van der Waals surface area contributed by atoms with Crippen molar-refractivity contribution < 1.29 is 4.79 Å². The third-order valence-corrected chi connectivity index (χ3v) is 5.58. The van der Waals surface area contributed by atoms with E-state index < -0.39 is 0 Å². The van der Waals surface area contributed by atoms with Gasteiger partial charge in [0.15, 0.2) is 0 Å². The fourth-order valence-electron chi connectivity index (χ4n) is 5.16. The minimum Gasteiger partial charge on any atom is -0.329 e. The Balaban J connectivity index is 1.74. The summed E-state index contributed by atoms with van der Waals surface area (Å²) >= 11 is 0. The summed E-state index contributed by atoms with van der Waals surface area (Å²) in [6.45, 7) is 3.10. The van der Waals surface area contributed by atoms with E-state index in [2.05, 4.69) is 13.0 Å². The lowest BCUT2D eigenvalue weighted by molar-refractivity contribution is -0.148. The molecule has 1 amide bonds. The highest BCUT2D eigenvalue weighted by molar-refractivity contribution is 5.80. The van der Waals surface area contributed by atoms with Crippen molar-refractivity contribution in [3.63, 3.8) is 0 Å². The van der Waals surface area contributed by atoms with Gasteiger partial charge in [0, 0.05) is 12.5 Å². The summed E-state index contributed by atoms with van der Waals surface area (Å²) in [4.78, 5) is 14.6. The first-order valence-corrected chi connectivity index (χ1v) is 7.88. The summed E-state index contributed by atoms with van der Waals surface area (Å²) in [5.74, 6) is 3.60. The molecule has 0 aromatic carbocycles. The van der Waals surface area contributed by atoms with Crippen LogP contribution in [0.1, 0.15) is 45.4 Å². The Morgan fingerprint density at radius 3 is 2.21 bits per heavy atom. The lowest BCUT2D eigenvalue weighted by Crippen LogP contribution is -2.52. The van der Waals surface area contributed by atoms with E-state index >= 15 is 0 Å². The molecule has 19 heavy (non-hydrogen) atoms. The van der Waals surface area contributed by atoms with Crippen molar-refractivity contribution in [1.29, 1.82) is 5.26 Å². The highest BCUT2D eigenvalue weighted by Crippen LogP contribution is 2.56. The van der Waals surface area contributed by atoms with Crippen molar-refractivity contribution in [1.82, 2.24) is 4.90 Å². The van der Waals surface area contributed by atoms with Crippen molar-refractivity contribution in [3.8, 4) is 6.07 Å². The number of rotatable bonds is 4. The fourth-order valence-corrected chi connectivity index (χ4v) is 5.16. The van der Waals surface area contributed by atoms with Crippen LogP contribution in [0, 0.1) is 40.9 Å². The average molecular weight is 260 g/mol. The molecule has 4 aliphatic carbocycles. The van der Waals surface area contributed by atoms with Gasteiger partial charge in [-0.1, -0.05) is 6.92 Å². The number of nitrogens with zero attached hydrogens (tertiary/aromatic N) is 2. The van der Waals surface area contributed by atoms with Crippen LogP contribution >= 0.6 is 0 Å². The second-order valence-corrected chi connectivity index (χ2v) is 6.87. The Kier molecular flexibility index (Phi) is 3.52. The van der Waals surface area contributed by atoms with E-state index in [1.54, 1.807) is 0 Å². The molecular formula is C16H24N2O. The minimum absolute atomic E-state index is 0.243. The zero-order valence-electron chi connectivity index (χ0n) is 11.8. The van der Waals surface area contributed by atoms with Gasteiger partial charge in [-0.15, -0.1) is 0 Å². The molecule has 0 aliphatic heterocycles. The summed E-state index contributed by atoms with van der Waals surface area (Å²) in [5.41, 5.74) is 0. The summed E-state index contributed by atoms with van der Waals surface area (Å²) in [6.07, 6.45) is 7.46. The molecular weight excluding hydrogens is 236 g/mol. The van der Waals surface area contributed by atoms with Gasteiger partial charge < -0.3 is 4.90 Å². The lowest BCUT2D eigenvalue weighted by atomic mass is 9.51. The van der Waals surface area contributed by atoms with Crippen LogP contribution in [-0.4, -0.2) is 23.9 Å². The first kappa shape index (κ1) is 13.0. The molecule has 0 heterocycles. The van der Waals surface area contributed by atoms with E-state index in [-0.39, 0.29) is 18.4 Å². The van der Waals surface area contributed by atoms with Gasteiger partial charge in [-0.2, -0.15) is 5.26 Å². The van der Waals surface area contributed by atoms with Gasteiger partial charge in [0.25, 0.3) is 0 Å². The fraction of sp³-hybridized carbons (Fsp3) is 0.875. The molecule has 0 aromatic heterocycles. The molecule has 0 atom stereocenters. The van der Waals surface area contributed by atoms with Crippen LogP contribution in [0.3, 0.4) is 0 Å². The molecule has 0 saturated heterocycles. The van der Waals surface area contributed by atoms with E-state index in [9.17, 15) is 4.79 Å². The van der Waals surface area contributed by atoms with Gasteiger partial charge in [-0.3, -0.25) is 4.79 Å². The zero-order chi connectivity index (χ0) is 13.4. The topological polar surface area (TPSA) is 44.1 Å². The van der Waals surface area contributed by atoms with Crippen LogP contribution in [0.5, 0.6) is 0 Å². The van der Waals surface area contributed by atoms with E-state index in [1.807, 2.05) is 4.90 Å². The third kappa shape index (κ3) is 2.26. The Morgan fingerprint density at radius 2 is 1.74 bits per heavy atom. The molecule has 104 valence electrons. The molecule has 0 unspecified atom stereocenters. The maximum atomic E-state index is 12.8. The van der Waals surface area contributed by atoms with E-state index in [0.717, 1.165) is 24.8 Å². The van der Waals surface area contributed by atoms with Gasteiger partial charge in [0.1, 0.15) is 6.54 Å². The smallest absolute Gasteiger partial charge is 0.227 e. The van der Waals surface area contributed by atoms with Crippen LogP contribution in [-0.2, 0) is 4.79 Å². The van der Waals surface area contributed by atoms with Crippen molar-refractivity contribution in [2.24, 2.45) is 29.6 Å². The predicted molar refractivity (Wildman–Crippen MR) is 73.0 cm³/mol. The number of hydrogen-bond donors (Lipinski definition) is 0. The van der Waals surface area contributed by atoms with Crippen LogP contribution in [0.15, 0.2) is 0 Å². The summed E-state index contributed by atoms with van der Waals surface area (Å²) < 4.78 is 0. The number of carbonyl (C=O) groups excluding carboxylic acids is 1. The zero-order valence-corrected chi connectivity index (χ0v) is 11.8. The number of hydrogen-bond acceptors (Lipinski definition) is 2. The predicted octanol–water partition coefficient (Wildman–Crippen LogP) is 2.82. The summed E-state index contributed by atoms with van der Waals surface area (Å²) in [6, 6.07) is 2.16. The molecule has 0 aromatic rings. The van der Waals surface area contributed by atoms with Gasteiger partial charge in [-0.25, -0.2) is 0 Å². The highest BCUT2D eigenvalue weighted by Gasteiger charge is 2.51. The molecule has 4 saturated carbocycles. The molecule has 4 fully saturated rings. The Labute approximate surface area is 116 Å². The molecule has 3 nitrogen and oxygen atoms in total. The summed E-state index contributed by atoms with van der Waals surface area (Å²) in [7, 11) is 0. The molecule has 3 heteroatoms. The van der Waals surface area contributed by atoms with E-state index in [0.29, 0.717) is 11.8 Å². The molecule has 4 bridgehead atoms. The third-order valence-electron chi connectivity index (χ3n) is 5.58. The SMILES string of the molecule is CCCN(CC#N)C(=O)C1C2CC3CC(C2)CC1C3. The van der Waals surface area contributed by atoms with Crippen LogP contribution in [0.25, 0.3) is 0 Å². The van der Waals surface area contributed by atoms with Crippen LogP contribution in [0.4, 0.5) is 0 Å². The number of amides is 1. The van der Waals surface area contributed by atoms with Gasteiger partial charge in [-0.05, 0) is 62.2 Å². The number of nitriles is 1. The van der Waals surface area contributed by atoms with Crippen LogP contribution < -0.4 is 0 Å². The number of carbonyl (C=O) groups is 1. The quantitative estimate of drug-likeness (QED) is 0.730. The van der Waals surface area contributed by atoms with Gasteiger partial charge in [0.05, 0.1) is 6.07 Å². The van der Waals surface area contributed by atoms with Crippen molar-refractivity contribution in [2.45, 2.75) is 45.4 Å². The Bertz CT molecular complexity index is 370. The van der Waals surface area contributed by atoms with E-state index in [1.165, 1.54) is 32.1 Å². The molecule has 0 radical (unpaired) electrons. The van der Waals surface area contributed by atoms with Crippen molar-refractivity contribution in [2.75, 3.05) is 13.1 Å². The first-order valence-electron chi connectivity index (χ1n) is 7.88. The molecule has 4 rings (SSSR count). The normalized spacial score (nSPS) is 39.1. The average Bonchev–Trinajstić information content (AvgIpc) is 2.37. The lowest BCUT2D eigenvalue weighted by Gasteiger charge is -2.54. The second kappa shape index (κ2) is 5.15. The summed E-state index contributed by atoms with van der Waals surface area (Å²) in [5, 5.41) is 8.92. The Morgan fingerprint density at radius 1 is 1.16 bits per heavy atom. The van der Waals surface area contributed by atoms with Crippen LogP contribution in [0.2, 0.25) is 0 Å². The van der Waals surface area contributed by atoms with Gasteiger partial charge in [0.2, 0.25) is 5.91 Å². The minimum atomic E-state index is 0.243. The maximum absolute atomic E-state index is 12.8. The largest absolute Gasteiger partial charge is 0.329 e. The molecule has 0 spiro atoms. The monoisotopic (exact) mass is 260 g/mol. The van der Waals surface area contributed by atoms with Gasteiger partial charge >= 0.3 is 0 Å². The van der Waals surface area contributed by atoms with Crippen molar-refractivity contribution >= 4 is 5.91 Å². The standard InChI is InChI=1S/C16H24N2O/c1-2-4-18(5-3-17)16(19)15-13-7-11-6-12(9-13)10-14(15)8-11/h11-15H,2,4-10H2,1H3. The van der Waals surface area contributed by atoms with Crippen molar-refractivity contribution in [3.05, 3.63) is 0 Å².